The normalized spacial score (nSPS) is 15.3. The Kier molecular flexibility index (Phi) is 5.66. The zero-order chi connectivity index (χ0) is 10.3. The van der Waals surface area contributed by atoms with Crippen LogP contribution in [-0.4, -0.2) is 36.4 Å². The zero-order valence-electron chi connectivity index (χ0n) is 8.59. The Morgan fingerprint density at radius 3 is 2.54 bits per heavy atom. The highest BCUT2D eigenvalue weighted by atomic mass is 16.5. The molecule has 78 valence electrons. The van der Waals surface area contributed by atoms with E-state index in [1.807, 2.05) is 13.8 Å². The Morgan fingerprint density at radius 2 is 2.15 bits per heavy atom. The van der Waals surface area contributed by atoms with Crippen molar-refractivity contribution in [3.05, 3.63) is 0 Å². The van der Waals surface area contributed by atoms with Gasteiger partial charge in [-0.15, -0.1) is 0 Å². The fraction of sp³-hybridized carbons (Fsp3) is 0.889. The van der Waals surface area contributed by atoms with E-state index in [1.165, 1.54) is 0 Å². The Bertz CT molecular complexity index is 161. The van der Waals surface area contributed by atoms with Crippen LogP contribution >= 0.6 is 0 Å². The van der Waals surface area contributed by atoms with Crippen molar-refractivity contribution in [2.24, 2.45) is 0 Å². The van der Waals surface area contributed by atoms with E-state index >= 15 is 0 Å². The molecule has 0 radical (unpaired) electrons. The van der Waals surface area contributed by atoms with Gasteiger partial charge in [0.25, 0.3) is 0 Å². The van der Waals surface area contributed by atoms with Crippen LogP contribution in [0.3, 0.4) is 0 Å². The Labute approximate surface area is 79.3 Å². The third-order valence-electron chi connectivity index (χ3n) is 1.99. The number of aliphatic carboxylic acids is 1. The van der Waals surface area contributed by atoms with Crippen molar-refractivity contribution in [2.75, 3.05) is 19.8 Å². The van der Waals surface area contributed by atoms with E-state index in [2.05, 4.69) is 5.32 Å². The first-order chi connectivity index (χ1) is 6.06. The molecule has 0 aliphatic rings. The molecule has 0 aliphatic carbocycles. The molecule has 0 aliphatic heterocycles. The van der Waals surface area contributed by atoms with Gasteiger partial charge in [0.15, 0.2) is 0 Å². The number of rotatable bonds is 7. The summed E-state index contributed by atoms with van der Waals surface area (Å²) in [7, 11) is 0. The first-order valence-corrected chi connectivity index (χ1v) is 4.63. The maximum Gasteiger partial charge on any atom is 0.323 e. The quantitative estimate of drug-likeness (QED) is 0.583. The average molecular weight is 189 g/mol. The molecule has 0 fully saturated rings. The van der Waals surface area contributed by atoms with E-state index in [0.29, 0.717) is 26.2 Å². The molecule has 0 aromatic heterocycles. The lowest BCUT2D eigenvalue weighted by Crippen LogP contribution is -2.50. The second-order valence-corrected chi connectivity index (χ2v) is 3.11. The number of hydrogen-bond donors (Lipinski definition) is 2. The molecule has 0 saturated carbocycles. The van der Waals surface area contributed by atoms with Crippen LogP contribution in [0.25, 0.3) is 0 Å². The minimum absolute atomic E-state index is 0.478. The van der Waals surface area contributed by atoms with E-state index in [1.54, 1.807) is 6.92 Å². The van der Waals surface area contributed by atoms with Gasteiger partial charge in [0, 0.05) is 13.2 Å². The Morgan fingerprint density at radius 1 is 1.54 bits per heavy atom. The average Bonchev–Trinajstić information content (AvgIpc) is 2.05. The van der Waals surface area contributed by atoms with Crippen LogP contribution in [0.5, 0.6) is 0 Å². The lowest BCUT2D eigenvalue weighted by molar-refractivity contribution is -0.145. The summed E-state index contributed by atoms with van der Waals surface area (Å²) in [6.07, 6.45) is 0.490. The Hall–Kier alpha value is -0.610. The summed E-state index contributed by atoms with van der Waals surface area (Å²) >= 11 is 0. The Balaban J connectivity index is 4.00. The highest BCUT2D eigenvalue weighted by Crippen LogP contribution is 2.09. The van der Waals surface area contributed by atoms with Gasteiger partial charge in [-0.25, -0.2) is 0 Å². The summed E-state index contributed by atoms with van der Waals surface area (Å²) < 4.78 is 5.12. The molecule has 0 heterocycles. The summed E-state index contributed by atoms with van der Waals surface area (Å²) in [5.41, 5.74) is -0.857. The fourth-order valence-electron chi connectivity index (χ4n) is 1.08. The SMILES string of the molecule is CCNC(C)(CCOCC)C(=O)O. The monoisotopic (exact) mass is 189 g/mol. The lowest BCUT2D eigenvalue weighted by Gasteiger charge is -2.25. The number of nitrogens with one attached hydrogen (secondary N) is 1. The predicted octanol–water partition coefficient (Wildman–Crippen LogP) is 0.866. The van der Waals surface area contributed by atoms with E-state index < -0.39 is 11.5 Å². The van der Waals surface area contributed by atoms with Crippen molar-refractivity contribution < 1.29 is 14.6 Å². The summed E-state index contributed by atoms with van der Waals surface area (Å²) in [6, 6.07) is 0. The number of carbonyl (C=O) groups is 1. The predicted molar refractivity (Wildman–Crippen MR) is 50.8 cm³/mol. The number of carboxylic acids is 1. The minimum Gasteiger partial charge on any atom is -0.480 e. The molecule has 0 saturated heterocycles. The van der Waals surface area contributed by atoms with Crippen LogP contribution < -0.4 is 5.32 Å². The van der Waals surface area contributed by atoms with Crippen molar-refractivity contribution in [2.45, 2.75) is 32.7 Å². The first-order valence-electron chi connectivity index (χ1n) is 4.63. The van der Waals surface area contributed by atoms with Gasteiger partial charge < -0.3 is 15.2 Å². The van der Waals surface area contributed by atoms with E-state index in [-0.39, 0.29) is 0 Å². The van der Waals surface area contributed by atoms with Crippen LogP contribution in [0.15, 0.2) is 0 Å². The van der Waals surface area contributed by atoms with Gasteiger partial charge in [0.05, 0.1) is 0 Å². The van der Waals surface area contributed by atoms with E-state index in [4.69, 9.17) is 9.84 Å². The van der Waals surface area contributed by atoms with Gasteiger partial charge in [-0.3, -0.25) is 4.79 Å². The molecule has 4 heteroatoms. The lowest BCUT2D eigenvalue weighted by atomic mass is 9.99. The third-order valence-corrected chi connectivity index (χ3v) is 1.99. The van der Waals surface area contributed by atoms with Gasteiger partial charge in [-0.05, 0) is 26.8 Å². The molecule has 0 aromatic rings. The largest absolute Gasteiger partial charge is 0.480 e. The standard InChI is InChI=1S/C9H19NO3/c1-4-10-9(3,8(11)12)6-7-13-5-2/h10H,4-7H2,1-3H3,(H,11,12). The van der Waals surface area contributed by atoms with Crippen molar-refractivity contribution in [1.29, 1.82) is 0 Å². The summed E-state index contributed by atoms with van der Waals surface area (Å²) in [5.74, 6) is -0.825. The van der Waals surface area contributed by atoms with Crippen molar-refractivity contribution in [3.8, 4) is 0 Å². The van der Waals surface area contributed by atoms with Gasteiger partial charge in [0.1, 0.15) is 5.54 Å². The molecule has 0 spiro atoms. The molecule has 13 heavy (non-hydrogen) atoms. The van der Waals surface area contributed by atoms with E-state index in [0.717, 1.165) is 0 Å². The van der Waals surface area contributed by atoms with Gasteiger partial charge in [0.2, 0.25) is 0 Å². The van der Waals surface area contributed by atoms with Crippen LogP contribution in [0.4, 0.5) is 0 Å². The molecular weight excluding hydrogens is 170 g/mol. The molecule has 1 unspecified atom stereocenters. The number of hydrogen-bond acceptors (Lipinski definition) is 3. The molecule has 1 atom stereocenters. The maximum absolute atomic E-state index is 10.9. The van der Waals surface area contributed by atoms with Crippen molar-refractivity contribution in [1.82, 2.24) is 5.32 Å². The highest BCUT2D eigenvalue weighted by molar-refractivity contribution is 5.78. The van der Waals surface area contributed by atoms with Crippen LogP contribution in [0, 0.1) is 0 Å². The molecule has 0 bridgehead atoms. The van der Waals surface area contributed by atoms with Gasteiger partial charge in [-0.2, -0.15) is 0 Å². The topological polar surface area (TPSA) is 58.6 Å². The number of likely N-dealkylation sites (N-methyl/N-ethyl adjacent to an activating group) is 1. The van der Waals surface area contributed by atoms with Crippen molar-refractivity contribution in [3.63, 3.8) is 0 Å². The second kappa shape index (κ2) is 5.94. The number of ether oxygens (including phenoxy) is 1. The summed E-state index contributed by atoms with van der Waals surface area (Å²) in [5, 5.41) is 11.9. The van der Waals surface area contributed by atoms with Crippen LogP contribution in [0.2, 0.25) is 0 Å². The van der Waals surface area contributed by atoms with Crippen LogP contribution in [0.1, 0.15) is 27.2 Å². The summed E-state index contributed by atoms with van der Waals surface area (Å²) in [6.45, 7) is 7.22. The van der Waals surface area contributed by atoms with Gasteiger partial charge in [-0.1, -0.05) is 6.92 Å². The zero-order valence-corrected chi connectivity index (χ0v) is 8.59. The van der Waals surface area contributed by atoms with Gasteiger partial charge >= 0.3 is 5.97 Å². The van der Waals surface area contributed by atoms with Crippen LogP contribution in [-0.2, 0) is 9.53 Å². The molecule has 0 aromatic carbocycles. The smallest absolute Gasteiger partial charge is 0.323 e. The molecular formula is C9H19NO3. The second-order valence-electron chi connectivity index (χ2n) is 3.11. The molecule has 0 amide bonds. The highest BCUT2D eigenvalue weighted by Gasteiger charge is 2.31. The molecule has 0 rings (SSSR count). The number of carboxylic acid groups (broad SMARTS) is 1. The van der Waals surface area contributed by atoms with E-state index in [9.17, 15) is 4.79 Å². The maximum atomic E-state index is 10.9. The summed E-state index contributed by atoms with van der Waals surface area (Å²) in [4.78, 5) is 10.9. The molecule has 2 N–H and O–H groups in total. The molecule has 4 nitrogen and oxygen atoms in total. The van der Waals surface area contributed by atoms with Crippen molar-refractivity contribution >= 4 is 5.97 Å². The first kappa shape index (κ1) is 12.4. The minimum atomic E-state index is -0.857. The fourth-order valence-corrected chi connectivity index (χ4v) is 1.08. The third kappa shape index (κ3) is 4.24.